The molecule has 1 aromatic rings. The molecule has 2 amide bonds. The van der Waals surface area contributed by atoms with Gasteiger partial charge in [0.05, 0.1) is 5.69 Å². The normalized spacial score (nSPS) is 13.5. The van der Waals surface area contributed by atoms with Crippen LogP contribution in [0.5, 0.6) is 0 Å². The van der Waals surface area contributed by atoms with Gasteiger partial charge in [0.15, 0.2) is 0 Å². The Balaban J connectivity index is 2.87. The van der Waals surface area contributed by atoms with E-state index < -0.39 is 23.9 Å². The number of anilines is 1. The Kier molecular flexibility index (Phi) is 6.92. The van der Waals surface area contributed by atoms with Gasteiger partial charge in [-0.05, 0) is 45.1 Å². The van der Waals surface area contributed by atoms with E-state index in [2.05, 4.69) is 5.32 Å². The zero-order chi connectivity index (χ0) is 17.6. The van der Waals surface area contributed by atoms with Gasteiger partial charge in [0.25, 0.3) is 0 Å². The van der Waals surface area contributed by atoms with Gasteiger partial charge in [-0.1, -0.05) is 6.07 Å². The lowest BCUT2D eigenvalue weighted by Crippen LogP contribution is -2.43. The van der Waals surface area contributed by atoms with Crippen LogP contribution in [0.25, 0.3) is 0 Å². The summed E-state index contributed by atoms with van der Waals surface area (Å²) < 4.78 is 14.1. The number of rotatable bonds is 7. The first-order valence-electron chi connectivity index (χ1n) is 7.13. The van der Waals surface area contributed by atoms with Crippen LogP contribution in [-0.2, 0) is 4.79 Å². The Morgan fingerprint density at radius 3 is 2.48 bits per heavy atom. The predicted octanol–water partition coefficient (Wildman–Crippen LogP) is 1.41. The summed E-state index contributed by atoms with van der Waals surface area (Å²) >= 11 is 0. The van der Waals surface area contributed by atoms with Crippen LogP contribution in [0.1, 0.15) is 24.9 Å². The molecule has 0 bridgehead atoms. The van der Waals surface area contributed by atoms with E-state index in [0.717, 1.165) is 5.56 Å². The first-order chi connectivity index (χ1) is 10.8. The predicted molar refractivity (Wildman–Crippen MR) is 83.8 cm³/mol. The highest BCUT2D eigenvalue weighted by molar-refractivity contribution is 5.96. The van der Waals surface area contributed by atoms with Crippen LogP contribution in [-0.4, -0.2) is 53.9 Å². The Morgan fingerprint density at radius 2 is 2.00 bits per heavy atom. The Hall–Kier alpha value is -2.19. The van der Waals surface area contributed by atoms with Crippen LogP contribution in [0.15, 0.2) is 18.2 Å². The van der Waals surface area contributed by atoms with Gasteiger partial charge >= 0.3 is 6.09 Å². The van der Waals surface area contributed by atoms with E-state index in [1.807, 2.05) is 31.2 Å². The van der Waals surface area contributed by atoms with Crippen LogP contribution >= 0.6 is 0 Å². The number of amides is 2. The number of aliphatic hydroxyl groups is 1. The smallest absolute Gasteiger partial charge is 0.405 e. The lowest BCUT2D eigenvalue weighted by Gasteiger charge is -2.21. The van der Waals surface area contributed by atoms with Gasteiger partial charge in [-0.15, -0.1) is 0 Å². The fourth-order valence-electron chi connectivity index (χ4n) is 1.96. The number of hydrogen-bond acceptors (Lipinski definition) is 4. The molecule has 0 fully saturated rings. The fourth-order valence-corrected chi connectivity index (χ4v) is 1.96. The average Bonchev–Trinajstić information content (AvgIpc) is 2.47. The first-order valence-corrected chi connectivity index (χ1v) is 7.13. The number of carbonyl (C=O) groups is 2. The lowest BCUT2D eigenvalue weighted by atomic mass is 10.1. The molecule has 8 heteroatoms. The minimum Gasteiger partial charge on any atom is -0.465 e. The number of nitrogens with zero attached hydrogens (tertiary/aromatic N) is 1. The zero-order valence-corrected chi connectivity index (χ0v) is 13.3. The number of aliphatic hydroxyl groups excluding tert-OH is 1. The maximum absolute atomic E-state index is 14.1. The Labute approximate surface area is 134 Å². The minimum absolute atomic E-state index is 0.00469. The molecular formula is C15H22FN3O4. The van der Waals surface area contributed by atoms with Crippen molar-refractivity contribution in [3.63, 3.8) is 0 Å². The van der Waals surface area contributed by atoms with E-state index in [0.29, 0.717) is 0 Å². The molecule has 4 N–H and O–H groups in total. The third-order valence-corrected chi connectivity index (χ3v) is 3.54. The summed E-state index contributed by atoms with van der Waals surface area (Å²) in [4.78, 5) is 24.6. The highest BCUT2D eigenvalue weighted by Gasteiger charge is 2.21. The molecule has 0 spiro atoms. The molecule has 23 heavy (non-hydrogen) atoms. The molecule has 0 aliphatic heterocycles. The van der Waals surface area contributed by atoms with Crippen molar-refractivity contribution in [2.45, 2.75) is 25.4 Å². The van der Waals surface area contributed by atoms with Crippen molar-refractivity contribution in [2.24, 2.45) is 0 Å². The molecule has 1 rings (SSSR count). The fraction of sp³-hybridized carbons (Fsp3) is 0.467. The van der Waals surface area contributed by atoms with E-state index in [1.54, 1.807) is 6.07 Å². The molecule has 0 heterocycles. The Morgan fingerprint density at radius 1 is 1.35 bits per heavy atom. The van der Waals surface area contributed by atoms with Crippen molar-refractivity contribution >= 4 is 17.7 Å². The van der Waals surface area contributed by atoms with Gasteiger partial charge in [0.1, 0.15) is 11.9 Å². The molecular weight excluding hydrogens is 305 g/mol. The van der Waals surface area contributed by atoms with Crippen molar-refractivity contribution in [1.82, 2.24) is 10.2 Å². The van der Waals surface area contributed by atoms with Gasteiger partial charge in [-0.2, -0.15) is 0 Å². The van der Waals surface area contributed by atoms with Gasteiger partial charge in [0.2, 0.25) is 5.91 Å². The maximum Gasteiger partial charge on any atom is 0.405 e. The monoisotopic (exact) mass is 327 g/mol. The summed E-state index contributed by atoms with van der Waals surface area (Å²) in [6.07, 6.45) is -1.50. The maximum atomic E-state index is 14.1. The number of carboxylic acid groups (broad SMARTS) is 1. The van der Waals surface area contributed by atoms with Crippen molar-refractivity contribution in [3.05, 3.63) is 29.6 Å². The van der Waals surface area contributed by atoms with Crippen LogP contribution in [0.4, 0.5) is 14.9 Å². The van der Waals surface area contributed by atoms with Crippen LogP contribution in [0.3, 0.4) is 0 Å². The molecule has 0 saturated heterocycles. The Bertz CT molecular complexity index is 566. The molecule has 0 unspecified atom stereocenters. The molecule has 0 aliphatic rings. The van der Waals surface area contributed by atoms with E-state index in [1.165, 1.54) is 12.1 Å². The van der Waals surface area contributed by atoms with E-state index in [4.69, 9.17) is 10.2 Å². The second-order valence-corrected chi connectivity index (χ2v) is 5.38. The van der Waals surface area contributed by atoms with Gasteiger partial charge in [-0.25, -0.2) is 9.18 Å². The van der Waals surface area contributed by atoms with Crippen molar-refractivity contribution in [1.29, 1.82) is 0 Å². The van der Waals surface area contributed by atoms with Gasteiger partial charge in [-0.3, -0.25) is 4.79 Å². The van der Waals surface area contributed by atoms with Gasteiger partial charge in [0, 0.05) is 12.6 Å². The van der Waals surface area contributed by atoms with E-state index >= 15 is 0 Å². The topological polar surface area (TPSA) is 102 Å². The summed E-state index contributed by atoms with van der Waals surface area (Å²) in [7, 11) is 3.74. The number of benzene rings is 1. The van der Waals surface area contributed by atoms with Crippen molar-refractivity contribution in [3.8, 4) is 0 Å². The van der Waals surface area contributed by atoms with Crippen LogP contribution in [0, 0.1) is 5.82 Å². The molecule has 0 radical (unpaired) electrons. The average molecular weight is 327 g/mol. The zero-order valence-electron chi connectivity index (χ0n) is 13.3. The van der Waals surface area contributed by atoms with Crippen molar-refractivity contribution < 1.29 is 24.2 Å². The summed E-state index contributed by atoms with van der Waals surface area (Å²) in [5, 5.41) is 21.9. The van der Waals surface area contributed by atoms with E-state index in [9.17, 15) is 14.0 Å². The third kappa shape index (κ3) is 5.50. The summed E-state index contributed by atoms with van der Waals surface area (Å²) in [5.41, 5.74) is 0.709. The highest BCUT2D eigenvalue weighted by atomic mass is 19.1. The second-order valence-electron chi connectivity index (χ2n) is 5.38. The quantitative estimate of drug-likeness (QED) is 0.606. The summed E-state index contributed by atoms with van der Waals surface area (Å²) in [5.74, 6) is -1.34. The number of carbonyl (C=O) groups excluding carboxylic acids is 1. The first kappa shape index (κ1) is 18.9. The number of halogens is 1. The van der Waals surface area contributed by atoms with E-state index in [-0.39, 0.29) is 24.8 Å². The molecule has 7 nitrogen and oxygen atoms in total. The van der Waals surface area contributed by atoms with Crippen molar-refractivity contribution in [2.75, 3.05) is 26.0 Å². The summed E-state index contributed by atoms with van der Waals surface area (Å²) in [6.45, 7) is 1.54. The minimum atomic E-state index is -1.39. The molecule has 128 valence electrons. The SMILES string of the molecule is C[C@@H](c1ccc(NC(=O)[C@H](CCO)NC(=O)O)c(F)c1)N(C)C. The lowest BCUT2D eigenvalue weighted by molar-refractivity contribution is -0.118. The molecule has 2 atom stereocenters. The third-order valence-electron chi connectivity index (χ3n) is 3.54. The largest absolute Gasteiger partial charge is 0.465 e. The second kappa shape index (κ2) is 8.44. The number of nitrogens with one attached hydrogen (secondary N) is 2. The molecule has 0 saturated carbocycles. The number of hydrogen-bond donors (Lipinski definition) is 4. The standard InChI is InChI=1S/C15H22FN3O4/c1-9(19(2)3)10-4-5-12(11(16)8-10)17-14(21)13(6-7-20)18-15(22)23/h4-5,8-9,13,18,20H,6-7H2,1-3H3,(H,17,21)(H,22,23)/t9-,13-/m0/s1. The molecule has 0 aliphatic carbocycles. The molecule has 1 aromatic carbocycles. The van der Waals surface area contributed by atoms with Crippen LogP contribution in [0.2, 0.25) is 0 Å². The van der Waals surface area contributed by atoms with Gasteiger partial charge < -0.3 is 25.7 Å². The molecule has 0 aromatic heterocycles. The summed E-state index contributed by atoms with van der Waals surface area (Å²) in [6, 6.07) is 3.29. The van der Waals surface area contributed by atoms with Crippen LogP contribution < -0.4 is 10.6 Å². The highest BCUT2D eigenvalue weighted by Crippen LogP contribution is 2.23.